The number of sulfonamides is 1. The molecule has 0 spiro atoms. The molecule has 11 heteroatoms. The second kappa shape index (κ2) is 11.5. The van der Waals surface area contributed by atoms with E-state index in [2.05, 4.69) is 15.5 Å². The number of hydrogen-bond donors (Lipinski definition) is 1. The summed E-state index contributed by atoms with van der Waals surface area (Å²) in [6.45, 7) is 8.74. The third kappa shape index (κ3) is 6.41. The van der Waals surface area contributed by atoms with Gasteiger partial charge in [0.05, 0.1) is 24.7 Å². The maximum Gasteiger partial charge on any atom is 0.322 e. The number of carbonyl (C=O) groups excluding carboxylic acids is 1. The molecular formula is C25H32N4O6S. The first kappa shape index (κ1) is 27.2. The molecule has 194 valence electrons. The van der Waals surface area contributed by atoms with Crippen molar-refractivity contribution in [1.29, 1.82) is 0 Å². The normalized spacial score (nSPS) is 11.8. The van der Waals surface area contributed by atoms with Gasteiger partial charge >= 0.3 is 6.01 Å². The van der Waals surface area contributed by atoms with Crippen LogP contribution in [0.5, 0.6) is 11.5 Å². The number of carbonyl (C=O) groups is 1. The fourth-order valence-corrected chi connectivity index (χ4v) is 5.31. The molecule has 1 amide bonds. The average molecular weight is 517 g/mol. The van der Waals surface area contributed by atoms with Crippen molar-refractivity contribution >= 4 is 21.9 Å². The molecule has 0 saturated heterocycles. The molecule has 3 rings (SSSR count). The Labute approximate surface area is 211 Å². The lowest BCUT2D eigenvalue weighted by atomic mass is 10.2. The first-order chi connectivity index (χ1) is 17.0. The third-order valence-electron chi connectivity index (χ3n) is 5.17. The smallest absolute Gasteiger partial charge is 0.322 e. The van der Waals surface area contributed by atoms with Crippen molar-refractivity contribution in [2.45, 2.75) is 32.6 Å². The van der Waals surface area contributed by atoms with E-state index in [1.54, 1.807) is 18.2 Å². The largest absolute Gasteiger partial charge is 0.497 e. The Kier molecular flexibility index (Phi) is 8.70. The SMILES string of the molecule is COc1ccc(OC)c(-c2nnc(NC(=O)c3ccc(S(=O)(=O)N(CC(C)C)CC(C)C)cc3)o2)c1. The van der Waals surface area contributed by atoms with E-state index in [0.717, 1.165) is 0 Å². The molecule has 0 radical (unpaired) electrons. The van der Waals surface area contributed by atoms with Gasteiger partial charge in [-0.15, -0.1) is 5.10 Å². The van der Waals surface area contributed by atoms with Crippen molar-refractivity contribution in [2.75, 3.05) is 32.6 Å². The number of nitrogens with zero attached hydrogens (tertiary/aromatic N) is 3. The van der Waals surface area contributed by atoms with Crippen LogP contribution < -0.4 is 14.8 Å². The molecule has 0 aliphatic carbocycles. The van der Waals surface area contributed by atoms with Crippen molar-refractivity contribution in [3.05, 3.63) is 48.0 Å². The van der Waals surface area contributed by atoms with E-state index in [0.29, 0.717) is 30.2 Å². The van der Waals surface area contributed by atoms with E-state index in [-0.39, 0.29) is 34.2 Å². The molecule has 1 N–H and O–H groups in total. The van der Waals surface area contributed by atoms with Crippen molar-refractivity contribution in [1.82, 2.24) is 14.5 Å². The van der Waals surface area contributed by atoms with E-state index in [9.17, 15) is 13.2 Å². The highest BCUT2D eigenvalue weighted by Gasteiger charge is 2.26. The fourth-order valence-electron chi connectivity index (χ4n) is 3.55. The fraction of sp³-hybridized carbons (Fsp3) is 0.400. The number of methoxy groups -OCH3 is 2. The second-order valence-corrected chi connectivity index (χ2v) is 11.0. The summed E-state index contributed by atoms with van der Waals surface area (Å²) in [5.74, 6) is 1.05. The van der Waals surface area contributed by atoms with Crippen molar-refractivity contribution in [3.63, 3.8) is 0 Å². The standard InChI is InChI=1S/C25H32N4O6S/c1-16(2)14-29(15-17(3)4)36(31,32)20-10-7-18(8-11-20)23(30)26-25-28-27-24(35-25)21-13-19(33-5)9-12-22(21)34-6/h7-13,16-17H,14-15H2,1-6H3,(H,26,28,30). The van der Waals surface area contributed by atoms with Gasteiger partial charge in [0.25, 0.3) is 11.8 Å². The first-order valence-corrected chi connectivity index (χ1v) is 13.0. The van der Waals surface area contributed by atoms with Crippen LogP contribution in [0.3, 0.4) is 0 Å². The number of ether oxygens (including phenoxy) is 2. The Morgan fingerprint density at radius 3 is 2.17 bits per heavy atom. The summed E-state index contributed by atoms with van der Waals surface area (Å²) in [5.41, 5.74) is 0.749. The second-order valence-electron chi connectivity index (χ2n) is 9.07. The Hall–Kier alpha value is -3.44. The van der Waals surface area contributed by atoms with Crippen LogP contribution in [0.25, 0.3) is 11.5 Å². The molecule has 0 atom stereocenters. The van der Waals surface area contributed by atoms with Crippen LogP contribution in [0.2, 0.25) is 0 Å². The van der Waals surface area contributed by atoms with Crippen LogP contribution in [-0.4, -0.2) is 56.1 Å². The van der Waals surface area contributed by atoms with Crippen LogP contribution >= 0.6 is 0 Å². The quantitative estimate of drug-likeness (QED) is 0.400. The summed E-state index contributed by atoms with van der Waals surface area (Å²) < 4.78 is 44.0. The average Bonchev–Trinajstić information content (AvgIpc) is 3.31. The lowest BCUT2D eigenvalue weighted by Crippen LogP contribution is -2.37. The van der Waals surface area contributed by atoms with Crippen molar-refractivity contribution < 1.29 is 27.1 Å². The third-order valence-corrected chi connectivity index (χ3v) is 7.02. The summed E-state index contributed by atoms with van der Waals surface area (Å²) in [4.78, 5) is 12.9. The van der Waals surface area contributed by atoms with Crippen LogP contribution in [0.1, 0.15) is 38.1 Å². The summed E-state index contributed by atoms with van der Waals surface area (Å²) in [5, 5.41) is 10.4. The van der Waals surface area contributed by atoms with Crippen LogP contribution in [-0.2, 0) is 10.0 Å². The molecule has 0 unspecified atom stereocenters. The van der Waals surface area contributed by atoms with Crippen LogP contribution in [0, 0.1) is 11.8 Å². The minimum Gasteiger partial charge on any atom is -0.497 e. The Morgan fingerprint density at radius 2 is 1.61 bits per heavy atom. The van der Waals surface area contributed by atoms with E-state index >= 15 is 0 Å². The van der Waals surface area contributed by atoms with E-state index in [1.807, 2.05) is 27.7 Å². The van der Waals surface area contributed by atoms with Gasteiger partial charge in [0.15, 0.2) is 0 Å². The highest BCUT2D eigenvalue weighted by atomic mass is 32.2. The number of benzene rings is 2. The summed E-state index contributed by atoms with van der Waals surface area (Å²) in [6.07, 6.45) is 0. The van der Waals surface area contributed by atoms with E-state index in [4.69, 9.17) is 13.9 Å². The van der Waals surface area contributed by atoms with E-state index < -0.39 is 15.9 Å². The highest BCUT2D eigenvalue weighted by Crippen LogP contribution is 2.33. The van der Waals surface area contributed by atoms with Gasteiger partial charge in [-0.05, 0) is 54.3 Å². The summed E-state index contributed by atoms with van der Waals surface area (Å²) >= 11 is 0. The van der Waals surface area contributed by atoms with Crippen molar-refractivity contribution in [2.24, 2.45) is 11.8 Å². The number of anilines is 1. The zero-order chi connectivity index (χ0) is 26.5. The zero-order valence-corrected chi connectivity index (χ0v) is 22.1. The maximum absolute atomic E-state index is 13.2. The van der Waals surface area contributed by atoms with Gasteiger partial charge in [-0.2, -0.15) is 4.31 Å². The Bertz CT molecular complexity index is 1280. The van der Waals surface area contributed by atoms with Gasteiger partial charge in [-0.25, -0.2) is 8.42 Å². The number of rotatable bonds is 11. The first-order valence-electron chi connectivity index (χ1n) is 11.5. The number of amides is 1. The van der Waals surface area contributed by atoms with Crippen LogP contribution in [0.15, 0.2) is 51.8 Å². The zero-order valence-electron chi connectivity index (χ0n) is 21.3. The molecule has 2 aromatic carbocycles. The van der Waals surface area contributed by atoms with Gasteiger partial charge in [0.2, 0.25) is 10.0 Å². The predicted molar refractivity (Wildman–Crippen MR) is 136 cm³/mol. The lowest BCUT2D eigenvalue weighted by Gasteiger charge is -2.25. The van der Waals surface area contributed by atoms with Gasteiger partial charge in [0, 0.05) is 18.7 Å². The number of nitrogens with one attached hydrogen (secondary N) is 1. The molecule has 10 nitrogen and oxygen atoms in total. The maximum atomic E-state index is 13.2. The Morgan fingerprint density at radius 1 is 0.972 bits per heavy atom. The molecule has 0 aliphatic heterocycles. The topological polar surface area (TPSA) is 124 Å². The molecule has 3 aromatic rings. The van der Waals surface area contributed by atoms with Gasteiger partial charge in [0.1, 0.15) is 11.5 Å². The Balaban J connectivity index is 1.77. The molecule has 0 saturated carbocycles. The molecule has 36 heavy (non-hydrogen) atoms. The van der Waals surface area contributed by atoms with Crippen LogP contribution in [0.4, 0.5) is 6.01 Å². The molecule has 0 bridgehead atoms. The predicted octanol–water partition coefficient (Wildman–Crippen LogP) is 4.31. The number of aromatic nitrogens is 2. The minimum absolute atomic E-state index is 0.114. The molecule has 1 aromatic heterocycles. The highest BCUT2D eigenvalue weighted by molar-refractivity contribution is 7.89. The molecular weight excluding hydrogens is 484 g/mol. The van der Waals surface area contributed by atoms with Gasteiger partial charge in [-0.3, -0.25) is 10.1 Å². The van der Waals surface area contributed by atoms with Gasteiger partial charge in [-0.1, -0.05) is 32.8 Å². The summed E-state index contributed by atoms with van der Waals surface area (Å²) in [6, 6.07) is 10.8. The van der Waals surface area contributed by atoms with E-state index in [1.165, 1.54) is 42.8 Å². The number of hydrogen-bond acceptors (Lipinski definition) is 8. The van der Waals surface area contributed by atoms with Crippen molar-refractivity contribution in [3.8, 4) is 23.0 Å². The van der Waals surface area contributed by atoms with Gasteiger partial charge < -0.3 is 13.9 Å². The monoisotopic (exact) mass is 516 g/mol. The minimum atomic E-state index is -3.69. The lowest BCUT2D eigenvalue weighted by molar-refractivity contribution is 0.102. The molecule has 0 fully saturated rings. The molecule has 0 aliphatic rings. The molecule has 1 heterocycles. The summed E-state index contributed by atoms with van der Waals surface area (Å²) in [7, 11) is -0.645.